The van der Waals surface area contributed by atoms with Crippen LogP contribution in [-0.2, 0) is 19.5 Å². The van der Waals surface area contributed by atoms with E-state index in [1.165, 1.54) is 11.1 Å². The second kappa shape index (κ2) is 6.90. The molecule has 1 aromatic heterocycles. The van der Waals surface area contributed by atoms with Crippen LogP contribution in [0.3, 0.4) is 0 Å². The highest BCUT2D eigenvalue weighted by atomic mass is 16.5. The van der Waals surface area contributed by atoms with Crippen molar-refractivity contribution in [2.75, 3.05) is 7.11 Å². The zero-order chi connectivity index (χ0) is 13.5. The number of aromatic nitrogens is 1. The second-order valence-electron chi connectivity index (χ2n) is 4.40. The van der Waals surface area contributed by atoms with Crippen LogP contribution in [-0.4, -0.2) is 12.1 Å². The van der Waals surface area contributed by atoms with Crippen molar-refractivity contribution >= 4 is 0 Å². The van der Waals surface area contributed by atoms with E-state index in [9.17, 15) is 0 Å². The van der Waals surface area contributed by atoms with Crippen molar-refractivity contribution in [1.29, 1.82) is 0 Å². The lowest BCUT2D eigenvalue weighted by atomic mass is 10.1. The van der Waals surface area contributed by atoms with Crippen LogP contribution in [0.5, 0.6) is 5.88 Å². The van der Waals surface area contributed by atoms with Crippen LogP contribution in [0.25, 0.3) is 0 Å². The normalized spacial score (nSPS) is 10.4. The maximum atomic E-state index is 5.12. The van der Waals surface area contributed by atoms with Gasteiger partial charge in [0.05, 0.1) is 12.8 Å². The van der Waals surface area contributed by atoms with Gasteiger partial charge in [0.1, 0.15) is 0 Å². The number of benzene rings is 1. The van der Waals surface area contributed by atoms with Gasteiger partial charge in [-0.05, 0) is 23.6 Å². The molecule has 0 aliphatic rings. The Kier molecular flexibility index (Phi) is 4.93. The highest BCUT2D eigenvalue weighted by molar-refractivity contribution is 5.27. The van der Waals surface area contributed by atoms with E-state index in [1.54, 1.807) is 7.11 Å². The molecule has 1 N–H and O–H groups in total. The smallest absolute Gasteiger partial charge is 0.213 e. The minimum absolute atomic E-state index is 0.660. The molecule has 2 aromatic rings. The van der Waals surface area contributed by atoms with Gasteiger partial charge in [0.2, 0.25) is 5.88 Å². The Balaban J connectivity index is 1.92. The summed E-state index contributed by atoms with van der Waals surface area (Å²) in [5, 5.41) is 3.43. The minimum Gasteiger partial charge on any atom is -0.481 e. The first-order valence-corrected chi connectivity index (χ1v) is 6.61. The number of pyridine rings is 1. The Morgan fingerprint density at radius 2 is 1.79 bits per heavy atom. The van der Waals surface area contributed by atoms with Gasteiger partial charge < -0.3 is 10.1 Å². The van der Waals surface area contributed by atoms with Crippen molar-refractivity contribution in [3.63, 3.8) is 0 Å². The monoisotopic (exact) mass is 256 g/mol. The Morgan fingerprint density at radius 1 is 1.00 bits per heavy atom. The first kappa shape index (κ1) is 13.6. The molecular formula is C16H20N2O. The zero-order valence-corrected chi connectivity index (χ0v) is 11.5. The Labute approximate surface area is 114 Å². The van der Waals surface area contributed by atoms with Crippen LogP contribution in [0.2, 0.25) is 0 Å². The highest BCUT2D eigenvalue weighted by Gasteiger charge is 2.00. The second-order valence-corrected chi connectivity index (χ2v) is 4.40. The quantitative estimate of drug-likeness (QED) is 0.863. The van der Waals surface area contributed by atoms with Gasteiger partial charge in [0.15, 0.2) is 0 Å². The number of methoxy groups -OCH3 is 1. The summed E-state index contributed by atoms with van der Waals surface area (Å²) in [6, 6.07) is 14.3. The third-order valence-electron chi connectivity index (χ3n) is 3.11. The van der Waals surface area contributed by atoms with Crippen LogP contribution in [0.1, 0.15) is 23.7 Å². The molecule has 0 atom stereocenters. The lowest BCUT2D eigenvalue weighted by Gasteiger charge is -2.09. The summed E-state index contributed by atoms with van der Waals surface area (Å²) in [7, 11) is 1.64. The third kappa shape index (κ3) is 3.80. The largest absolute Gasteiger partial charge is 0.481 e. The molecule has 1 heterocycles. The summed E-state index contributed by atoms with van der Waals surface area (Å²) in [4.78, 5) is 4.38. The Morgan fingerprint density at radius 3 is 2.53 bits per heavy atom. The topological polar surface area (TPSA) is 34.1 Å². The number of rotatable bonds is 6. The van der Waals surface area contributed by atoms with Crippen LogP contribution in [0, 0.1) is 0 Å². The number of aryl methyl sites for hydroxylation is 1. The van der Waals surface area contributed by atoms with Gasteiger partial charge in [0, 0.05) is 19.2 Å². The average molecular weight is 256 g/mol. The molecule has 0 aliphatic heterocycles. The molecule has 0 unspecified atom stereocenters. The molecule has 0 radical (unpaired) electrons. The van der Waals surface area contributed by atoms with Gasteiger partial charge >= 0.3 is 0 Å². The maximum absolute atomic E-state index is 5.12. The predicted molar refractivity (Wildman–Crippen MR) is 77.2 cm³/mol. The SMILES string of the molecule is CCc1ccccc1CNCc1cccc(OC)n1. The summed E-state index contributed by atoms with van der Waals surface area (Å²) in [5.74, 6) is 0.660. The number of nitrogens with one attached hydrogen (secondary N) is 1. The Hall–Kier alpha value is -1.87. The van der Waals surface area contributed by atoms with E-state index >= 15 is 0 Å². The number of hydrogen-bond donors (Lipinski definition) is 1. The molecule has 1 aromatic carbocycles. The molecule has 0 aliphatic carbocycles. The van der Waals surface area contributed by atoms with Crippen LogP contribution in [0.4, 0.5) is 0 Å². The van der Waals surface area contributed by atoms with Crippen molar-refractivity contribution in [2.24, 2.45) is 0 Å². The van der Waals surface area contributed by atoms with Crippen molar-refractivity contribution in [3.8, 4) is 5.88 Å². The van der Waals surface area contributed by atoms with Gasteiger partial charge in [-0.2, -0.15) is 0 Å². The fourth-order valence-electron chi connectivity index (χ4n) is 2.07. The van der Waals surface area contributed by atoms with E-state index in [0.717, 1.165) is 25.2 Å². The fourth-order valence-corrected chi connectivity index (χ4v) is 2.07. The lowest BCUT2D eigenvalue weighted by Crippen LogP contribution is -2.14. The van der Waals surface area contributed by atoms with Crippen molar-refractivity contribution in [2.45, 2.75) is 26.4 Å². The fraction of sp³-hybridized carbons (Fsp3) is 0.312. The predicted octanol–water partition coefficient (Wildman–Crippen LogP) is 2.94. The van der Waals surface area contributed by atoms with E-state index in [-0.39, 0.29) is 0 Å². The molecule has 2 rings (SSSR count). The summed E-state index contributed by atoms with van der Waals surface area (Å²) >= 11 is 0. The van der Waals surface area contributed by atoms with Crippen molar-refractivity contribution < 1.29 is 4.74 Å². The lowest BCUT2D eigenvalue weighted by molar-refractivity contribution is 0.395. The van der Waals surface area contributed by atoms with Gasteiger partial charge in [-0.15, -0.1) is 0 Å². The molecule has 3 heteroatoms. The van der Waals surface area contributed by atoms with E-state index in [2.05, 4.69) is 41.5 Å². The molecule has 3 nitrogen and oxygen atoms in total. The summed E-state index contributed by atoms with van der Waals surface area (Å²) < 4.78 is 5.12. The van der Waals surface area contributed by atoms with E-state index in [1.807, 2.05) is 18.2 Å². The number of hydrogen-bond acceptors (Lipinski definition) is 3. The molecule has 0 spiro atoms. The van der Waals surface area contributed by atoms with E-state index < -0.39 is 0 Å². The standard InChI is InChI=1S/C16H20N2O/c1-3-13-7-4-5-8-14(13)11-17-12-15-9-6-10-16(18-15)19-2/h4-10,17H,3,11-12H2,1-2H3. The number of ether oxygens (including phenoxy) is 1. The Bertz CT molecular complexity index is 526. The average Bonchev–Trinajstić information content (AvgIpc) is 2.48. The molecule has 0 bridgehead atoms. The first-order valence-electron chi connectivity index (χ1n) is 6.61. The molecule has 19 heavy (non-hydrogen) atoms. The van der Waals surface area contributed by atoms with Gasteiger partial charge in [-0.3, -0.25) is 0 Å². The van der Waals surface area contributed by atoms with Crippen LogP contribution in [0.15, 0.2) is 42.5 Å². The third-order valence-corrected chi connectivity index (χ3v) is 3.11. The number of nitrogens with zero attached hydrogens (tertiary/aromatic N) is 1. The summed E-state index contributed by atoms with van der Waals surface area (Å²) in [5.41, 5.74) is 3.75. The van der Waals surface area contributed by atoms with Gasteiger partial charge in [-0.25, -0.2) is 4.98 Å². The first-order chi connectivity index (χ1) is 9.33. The molecule has 0 saturated carbocycles. The van der Waals surface area contributed by atoms with E-state index in [4.69, 9.17) is 4.74 Å². The highest BCUT2D eigenvalue weighted by Crippen LogP contribution is 2.10. The van der Waals surface area contributed by atoms with Gasteiger partial charge in [-0.1, -0.05) is 37.3 Å². The zero-order valence-electron chi connectivity index (χ0n) is 11.5. The van der Waals surface area contributed by atoms with Crippen LogP contribution >= 0.6 is 0 Å². The summed E-state index contributed by atoms with van der Waals surface area (Å²) in [6.45, 7) is 3.79. The molecular weight excluding hydrogens is 236 g/mol. The van der Waals surface area contributed by atoms with Crippen molar-refractivity contribution in [3.05, 3.63) is 59.3 Å². The summed E-state index contributed by atoms with van der Waals surface area (Å²) in [6.07, 6.45) is 1.06. The van der Waals surface area contributed by atoms with Gasteiger partial charge in [0.25, 0.3) is 0 Å². The maximum Gasteiger partial charge on any atom is 0.213 e. The van der Waals surface area contributed by atoms with Crippen LogP contribution < -0.4 is 10.1 Å². The van der Waals surface area contributed by atoms with E-state index in [0.29, 0.717) is 5.88 Å². The molecule has 0 saturated heterocycles. The minimum atomic E-state index is 0.660. The molecule has 0 amide bonds. The molecule has 0 fully saturated rings. The van der Waals surface area contributed by atoms with Crippen molar-refractivity contribution in [1.82, 2.24) is 10.3 Å². The molecule has 100 valence electrons.